The Bertz CT molecular complexity index is 4640. The first kappa shape index (κ1) is 127. The largest absolute Gasteiger partial charge is 1.00 e. The molecule has 1 amide bonds. The number of nitro benzene ring substituents is 2. The Morgan fingerprint density at radius 1 is 0.527 bits per heavy atom. The van der Waals surface area contributed by atoms with Gasteiger partial charge in [0.25, 0.3) is 11.4 Å². The summed E-state index contributed by atoms with van der Waals surface area (Å²) in [6.45, 7) is 18.6. The zero-order chi connectivity index (χ0) is 99.3. The van der Waals surface area contributed by atoms with Crippen molar-refractivity contribution in [3.05, 3.63) is 224 Å². The molecule has 0 unspecified atom stereocenters. The predicted molar refractivity (Wildman–Crippen MR) is 506 cm³/mol. The Hall–Kier alpha value is -10.2. The number of carbonyl (C=O) groups is 2. The van der Waals surface area contributed by atoms with Gasteiger partial charge in [-0.05, 0) is 181 Å². The Morgan fingerprint density at radius 2 is 0.878 bits per heavy atom. The zero-order valence-electron chi connectivity index (χ0n) is 79.4. The van der Waals surface area contributed by atoms with Gasteiger partial charge in [0.05, 0.1) is 97.5 Å². The molecular formula is C90H130Cl3LiN8O28P-. The van der Waals surface area contributed by atoms with Gasteiger partial charge in [0.1, 0.15) is 52.8 Å². The van der Waals surface area contributed by atoms with Crippen LogP contribution in [0.1, 0.15) is 68.8 Å². The molecule has 0 aliphatic rings. The number of nitrogen functional groups attached to an aromatic ring is 1. The monoisotopic (exact) mass is 1910 g/mol. The summed E-state index contributed by atoms with van der Waals surface area (Å²) in [5.41, 5.74) is 13.4. The minimum Gasteiger partial charge on any atom is -0.854 e. The molecule has 9 aromatic rings. The van der Waals surface area contributed by atoms with Gasteiger partial charge >= 0.3 is 24.1 Å². The molecule has 0 aliphatic heterocycles. The number of carbonyl (C=O) groups excluding carboxylic acids is 2. The zero-order valence-corrected chi connectivity index (χ0v) is 82.6. The van der Waals surface area contributed by atoms with E-state index < -0.39 is 21.3 Å². The first-order chi connectivity index (χ1) is 62.1. The summed E-state index contributed by atoms with van der Waals surface area (Å²) < 4.78 is 106. The molecule has 0 saturated heterocycles. The number of hydrogen-bond acceptors (Lipinski definition) is 31. The average Bonchev–Trinajstić information content (AvgIpc) is 0.809. The number of nitro groups is 2. The molecule has 0 bridgehead atoms. The van der Waals surface area contributed by atoms with Crippen LogP contribution in [0.25, 0.3) is 26.7 Å². The number of halogens is 3. The Labute approximate surface area is 797 Å². The first-order valence-corrected chi connectivity index (χ1v) is 43.5. The number of benzene rings is 7. The van der Waals surface area contributed by atoms with Gasteiger partial charge in [-0.2, -0.15) is 11.2 Å². The van der Waals surface area contributed by atoms with Crippen molar-refractivity contribution in [2.45, 2.75) is 104 Å². The molecule has 7 aromatic carbocycles. The van der Waals surface area contributed by atoms with Gasteiger partial charge in [0, 0.05) is 150 Å². The van der Waals surface area contributed by atoms with E-state index in [4.69, 9.17) is 107 Å². The molecule has 131 heavy (non-hydrogen) atoms. The fourth-order valence-electron chi connectivity index (χ4n) is 10.1. The molecule has 9 rings (SSSR count). The summed E-state index contributed by atoms with van der Waals surface area (Å²) in [7, 11) is 33.7. The average molecular weight is 1920 g/mol. The number of anilines is 2. The van der Waals surface area contributed by atoms with Gasteiger partial charge in [-0.15, -0.1) is 6.61 Å². The van der Waals surface area contributed by atoms with Crippen molar-refractivity contribution in [2.24, 2.45) is 0 Å². The van der Waals surface area contributed by atoms with E-state index in [-0.39, 0.29) is 63.6 Å². The van der Waals surface area contributed by atoms with E-state index in [0.717, 1.165) is 103 Å². The fourth-order valence-corrected chi connectivity index (χ4v) is 10.1. The fraction of sp³-hybridized carbons (Fsp3) is 0.422. The molecule has 0 saturated carbocycles. The predicted octanol–water partition coefficient (Wildman–Crippen LogP) is 14.5. The molecular weight excluding hydrogens is 1790 g/mol. The van der Waals surface area contributed by atoms with Crippen LogP contribution in [0.5, 0.6) is 51.7 Å². The third-order valence-electron chi connectivity index (χ3n) is 17.0. The van der Waals surface area contributed by atoms with Crippen molar-refractivity contribution in [1.82, 2.24) is 9.88 Å². The van der Waals surface area contributed by atoms with Gasteiger partial charge in [0.15, 0.2) is 36.6 Å². The number of unbranched alkanes of at least 4 members (excludes halogenated alkanes) is 2. The topological polar surface area (TPSA) is 421 Å². The van der Waals surface area contributed by atoms with E-state index in [0.29, 0.717) is 71.7 Å². The second kappa shape index (κ2) is 76.4. The third kappa shape index (κ3) is 53.8. The van der Waals surface area contributed by atoms with Crippen molar-refractivity contribution in [1.29, 1.82) is 0 Å². The number of pyridine rings is 2. The van der Waals surface area contributed by atoms with Gasteiger partial charge in [0.2, 0.25) is 24.5 Å². The molecule has 0 fully saturated rings. The number of rotatable bonds is 35. The summed E-state index contributed by atoms with van der Waals surface area (Å²) in [5, 5.41) is 43.6. The smallest absolute Gasteiger partial charge is 0.854 e. The molecule has 2 heterocycles. The molecule has 36 nitrogen and oxygen atoms in total. The Morgan fingerprint density at radius 3 is 1.26 bits per heavy atom. The van der Waals surface area contributed by atoms with Crippen molar-refractivity contribution in [2.75, 3.05) is 167 Å². The third-order valence-corrected chi connectivity index (χ3v) is 17.0. The van der Waals surface area contributed by atoms with Crippen LogP contribution in [0.2, 0.25) is 0 Å². The van der Waals surface area contributed by atoms with E-state index in [9.17, 15) is 39.9 Å². The summed E-state index contributed by atoms with van der Waals surface area (Å²) in [5.74, 6) is 6.27. The first-order valence-electron chi connectivity index (χ1n) is 39.1. The summed E-state index contributed by atoms with van der Waals surface area (Å²) >= 11 is 13.8. The van der Waals surface area contributed by atoms with Gasteiger partial charge in [-0.3, -0.25) is 39.5 Å². The Balaban J connectivity index is -0.000000456. The van der Waals surface area contributed by atoms with Crippen molar-refractivity contribution >= 4 is 102 Å². The number of ether oxygens (including phenoxy) is 19. The van der Waals surface area contributed by atoms with Crippen molar-refractivity contribution < 1.29 is 144 Å². The normalized spacial score (nSPS) is 10.0. The van der Waals surface area contributed by atoms with E-state index in [1.165, 1.54) is 60.3 Å². The summed E-state index contributed by atoms with van der Waals surface area (Å²) in [4.78, 5) is 48.4. The standard InChI is InChI=1S/C12H17NO4.C12H15NO3.C11H15NO5.C11H11NO3.C11H17NO3.C11H11NO2.C8H9NO3.C5H13NO2.C4H9O.C4H9.CH2O.Cl3OP.Li.H2/c1-15-10-4-5-11(13-8-14)9(6-10)7-12(16-2)17-3;1-13-11-6-5-10(14-2)7-9(11)8-12(15-3)16-4;1-15-9-4-5-10(12(13)14)8(6-9)7-11(16-2)17-3;1-14-9-3-4-11-8(5-9)6-10(15-2)7-12(11)13;1-13-9-4-5-10(12)8(6-9)7-11(14-2)15-3;1-13-9-3-4-11-8(5-9)6-10(14-2)7-12-11;1-6-5-7(12-2)3-4-8(6)9(10)11;1-6(2)5(7-3)8-4;1-2-3-4-5;1-3-4-2;1-2;1-5(2,3)4;;/h4-6,8,12H,7H2,1-3H3,(H,13,14);5-7,12H,8H2,2-4H3;4-6,11H,7H2,1-3H3;3-7H,1-2H3;4-6,11H,7,12H2,1-3H3;3-7H,1-2H3;3-5H,1-2H3;5H,1-4H3;2-4H2,1H3;1,3-4H2,2H3;1H2;;;1H/q;;;;;;;;2*-1;;;+1;. The Kier molecular flexibility index (Phi) is 74.1. The van der Waals surface area contributed by atoms with Gasteiger partial charge in [-0.25, -0.2) is 4.85 Å². The van der Waals surface area contributed by atoms with Crippen LogP contribution in [-0.4, -0.2) is 220 Å². The molecule has 3 N–H and O–H groups in total. The summed E-state index contributed by atoms with van der Waals surface area (Å²) in [6.07, 6.45) is 8.14. The maximum Gasteiger partial charge on any atom is 1.00 e. The maximum absolute atomic E-state index is 11.6. The minimum atomic E-state index is -3.22. The number of hydrogen-bond donors (Lipinski definition) is 2. The number of aryl methyl sites for hydroxylation is 1. The molecule has 726 valence electrons. The molecule has 2 aromatic heterocycles. The molecule has 0 atom stereocenters. The second-order valence-corrected chi connectivity index (χ2v) is 32.3. The number of aromatic nitrogens is 2. The van der Waals surface area contributed by atoms with E-state index >= 15 is 0 Å². The van der Waals surface area contributed by atoms with Crippen LogP contribution < -0.4 is 82.4 Å². The second-order valence-electron chi connectivity index (χ2n) is 25.7. The van der Waals surface area contributed by atoms with Gasteiger partial charge < -0.3 is 123 Å². The van der Waals surface area contributed by atoms with Crippen LogP contribution >= 0.6 is 38.9 Å². The van der Waals surface area contributed by atoms with Crippen molar-refractivity contribution in [3.8, 4) is 51.7 Å². The van der Waals surface area contributed by atoms with Crippen LogP contribution in [-0.2, 0) is 87.2 Å². The van der Waals surface area contributed by atoms with Crippen molar-refractivity contribution in [3.63, 3.8) is 0 Å². The molecule has 0 radical (unpaired) electrons. The SMILES string of the molecule is C=O.CCCC[O-].COC(OC)N(C)C.COc1ccc(N)c(CC(OC)OC)c1.COc1ccc(NC=O)c(CC(OC)OC)c1.COc1ccc([N+](=O)[O-])c(C)c1.COc1ccc([N+](=O)[O-])c(CC(OC)OC)c1.COc1ccc2c(c1)cc(OC)c[n+]2[O-].COc1ccc2ncc(OC)cc2c1.O=P(Cl)(Cl)Cl.[C-]#[N+]c1ccc(OC)cc1CC(OC)OC.[CH2-]CCC.[HH].[Li+]. The van der Waals surface area contributed by atoms with Crippen LogP contribution in [0.15, 0.2) is 152 Å². The number of nitrogens with one attached hydrogen (secondary N) is 1. The van der Waals surface area contributed by atoms with E-state index in [2.05, 4.69) is 62.7 Å². The van der Waals surface area contributed by atoms with Crippen LogP contribution in [0, 0.1) is 45.9 Å². The maximum atomic E-state index is 11.6. The quantitative estimate of drug-likeness (QED) is 0.00356. The van der Waals surface area contributed by atoms with Crippen LogP contribution in [0.4, 0.5) is 28.4 Å². The minimum absolute atomic E-state index is 0. The number of fused-ring (bicyclic) bond motifs is 2. The van der Waals surface area contributed by atoms with Gasteiger partial charge in [-0.1, -0.05) is 39.2 Å². The van der Waals surface area contributed by atoms with Crippen LogP contribution in [0.3, 0.4) is 0 Å². The molecule has 0 spiro atoms. The summed E-state index contributed by atoms with van der Waals surface area (Å²) in [6, 6.07) is 40.3. The van der Waals surface area contributed by atoms with E-state index in [1.807, 2.05) is 87.3 Å². The number of nitrogens with two attached hydrogens (primary N) is 1. The number of amides is 1. The number of methoxy groups -OCH3 is 19. The molecule has 41 heteroatoms. The number of nitrogens with zero attached hydrogens (tertiary/aromatic N) is 6. The molecule has 0 aliphatic carbocycles. The van der Waals surface area contributed by atoms with E-state index in [1.54, 1.807) is 185 Å².